The zero-order valence-electron chi connectivity index (χ0n) is 14.1. The normalized spacial score (nSPS) is 15.4. The predicted molar refractivity (Wildman–Crippen MR) is 104 cm³/mol. The lowest BCUT2D eigenvalue weighted by molar-refractivity contribution is 0.0731. The Morgan fingerprint density at radius 1 is 1.08 bits per heavy atom. The fraction of sp³-hybridized carbons (Fsp3) is 0.350. The summed E-state index contributed by atoms with van der Waals surface area (Å²) in [4.78, 5) is 15.1. The van der Waals surface area contributed by atoms with Gasteiger partial charge in [-0.25, -0.2) is 0 Å². The number of nitrogens with zero attached hydrogens (tertiary/aromatic N) is 1. The van der Waals surface area contributed by atoms with Crippen molar-refractivity contribution in [3.8, 4) is 0 Å². The molecule has 4 rings (SSSR count). The molecule has 0 aliphatic carbocycles. The number of carbonyl (C=O) groups is 1. The smallest absolute Gasteiger partial charge is 0.289 e. The fourth-order valence-corrected chi connectivity index (χ4v) is 5.13. The lowest BCUT2D eigenvalue weighted by atomic mass is 10.1. The minimum atomic E-state index is 0.0554. The van der Waals surface area contributed by atoms with Crippen LogP contribution >= 0.6 is 23.1 Å². The molecule has 3 aromatic rings. The molecule has 0 spiro atoms. The van der Waals surface area contributed by atoms with Crippen molar-refractivity contribution in [2.75, 3.05) is 13.1 Å². The van der Waals surface area contributed by atoms with Gasteiger partial charge >= 0.3 is 0 Å². The first-order valence-corrected chi connectivity index (χ1v) is 10.7. The summed E-state index contributed by atoms with van der Waals surface area (Å²) in [5, 5.41) is 3.14. The van der Waals surface area contributed by atoms with E-state index in [2.05, 4.69) is 23.6 Å². The molecule has 0 bridgehead atoms. The predicted octanol–water partition coefficient (Wildman–Crippen LogP) is 5.80. The SMILES string of the molecule is O=C(c1oc2ccccc2c1CSc1cccs1)N1CCCCCC1. The van der Waals surface area contributed by atoms with Gasteiger partial charge in [0.25, 0.3) is 5.91 Å². The molecular formula is C20H21NO2S2. The Morgan fingerprint density at radius 2 is 1.88 bits per heavy atom. The van der Waals surface area contributed by atoms with Crippen LogP contribution in [0.25, 0.3) is 11.0 Å². The van der Waals surface area contributed by atoms with E-state index < -0.39 is 0 Å². The number of likely N-dealkylation sites (tertiary alicyclic amines) is 1. The summed E-state index contributed by atoms with van der Waals surface area (Å²) >= 11 is 3.50. The van der Waals surface area contributed by atoms with E-state index >= 15 is 0 Å². The zero-order chi connectivity index (χ0) is 17.1. The van der Waals surface area contributed by atoms with Crippen molar-refractivity contribution in [1.29, 1.82) is 0 Å². The Kier molecular flexibility index (Phi) is 5.13. The molecule has 1 aromatic carbocycles. The molecule has 1 amide bonds. The average molecular weight is 372 g/mol. The topological polar surface area (TPSA) is 33.5 Å². The third kappa shape index (κ3) is 3.62. The van der Waals surface area contributed by atoms with Crippen LogP contribution in [0.3, 0.4) is 0 Å². The van der Waals surface area contributed by atoms with Crippen LogP contribution in [0, 0.1) is 0 Å². The highest BCUT2D eigenvalue weighted by atomic mass is 32.2. The number of rotatable bonds is 4. The van der Waals surface area contributed by atoms with Crippen LogP contribution in [0.1, 0.15) is 41.8 Å². The van der Waals surface area contributed by atoms with Gasteiger partial charge in [0.1, 0.15) is 5.58 Å². The van der Waals surface area contributed by atoms with Crippen molar-refractivity contribution in [1.82, 2.24) is 4.90 Å². The molecule has 1 aliphatic rings. The Bertz CT molecular complexity index is 846. The van der Waals surface area contributed by atoms with Crippen molar-refractivity contribution in [3.63, 3.8) is 0 Å². The Balaban J connectivity index is 1.66. The van der Waals surface area contributed by atoms with E-state index in [-0.39, 0.29) is 5.91 Å². The van der Waals surface area contributed by atoms with E-state index in [0.29, 0.717) is 5.76 Å². The maximum Gasteiger partial charge on any atom is 0.289 e. The lowest BCUT2D eigenvalue weighted by Gasteiger charge is -2.19. The van der Waals surface area contributed by atoms with Gasteiger partial charge in [0.05, 0.1) is 4.21 Å². The summed E-state index contributed by atoms with van der Waals surface area (Å²) in [7, 11) is 0. The van der Waals surface area contributed by atoms with Crippen molar-refractivity contribution in [3.05, 3.63) is 53.1 Å². The first kappa shape index (κ1) is 16.7. The van der Waals surface area contributed by atoms with Crippen LogP contribution in [0.2, 0.25) is 0 Å². The highest BCUT2D eigenvalue weighted by Gasteiger charge is 2.25. The van der Waals surface area contributed by atoms with Gasteiger partial charge in [-0.1, -0.05) is 37.1 Å². The number of fused-ring (bicyclic) bond motifs is 1. The third-order valence-electron chi connectivity index (χ3n) is 4.64. The number of thioether (sulfide) groups is 1. The van der Waals surface area contributed by atoms with Gasteiger partial charge in [-0.05, 0) is 30.4 Å². The first-order valence-electron chi connectivity index (χ1n) is 8.79. The summed E-state index contributed by atoms with van der Waals surface area (Å²) in [5.74, 6) is 1.35. The van der Waals surface area contributed by atoms with E-state index in [0.717, 1.165) is 48.2 Å². The Hall–Kier alpha value is -1.72. The first-order chi connectivity index (χ1) is 12.3. The highest BCUT2D eigenvalue weighted by Crippen LogP contribution is 2.34. The second-order valence-electron chi connectivity index (χ2n) is 6.33. The van der Waals surface area contributed by atoms with Crippen LogP contribution in [0.4, 0.5) is 0 Å². The van der Waals surface area contributed by atoms with Crippen LogP contribution in [-0.4, -0.2) is 23.9 Å². The molecule has 1 aliphatic heterocycles. The molecule has 0 radical (unpaired) electrons. The monoisotopic (exact) mass is 371 g/mol. The maximum absolute atomic E-state index is 13.1. The largest absolute Gasteiger partial charge is 0.451 e. The molecule has 0 N–H and O–H groups in total. The Labute approximate surface area is 156 Å². The second-order valence-corrected chi connectivity index (χ2v) is 8.56. The van der Waals surface area contributed by atoms with E-state index in [1.165, 1.54) is 17.1 Å². The van der Waals surface area contributed by atoms with Crippen molar-refractivity contribution in [2.24, 2.45) is 0 Å². The molecule has 1 fully saturated rings. The summed E-state index contributed by atoms with van der Waals surface area (Å²) in [6.07, 6.45) is 4.60. The van der Waals surface area contributed by atoms with Crippen LogP contribution in [0.15, 0.2) is 50.4 Å². The molecule has 0 saturated carbocycles. The van der Waals surface area contributed by atoms with Gasteiger partial charge in [-0.2, -0.15) is 0 Å². The minimum absolute atomic E-state index is 0.0554. The zero-order valence-corrected chi connectivity index (χ0v) is 15.7. The molecule has 0 atom stereocenters. The quantitative estimate of drug-likeness (QED) is 0.543. The molecule has 3 heterocycles. The standard InChI is InChI=1S/C20H21NO2S2/c22-20(21-11-5-1-2-6-12-21)19-16(14-25-18-10-7-13-24-18)15-8-3-4-9-17(15)23-19/h3-4,7-10,13H,1-2,5-6,11-12,14H2. The number of carbonyl (C=O) groups excluding carboxylic acids is 1. The van der Waals surface area contributed by atoms with Crippen LogP contribution in [-0.2, 0) is 5.75 Å². The second kappa shape index (κ2) is 7.67. The molecule has 130 valence electrons. The number of hydrogen-bond donors (Lipinski definition) is 0. The highest BCUT2D eigenvalue weighted by molar-refractivity contribution is 8.00. The average Bonchev–Trinajstić information content (AvgIpc) is 3.19. The summed E-state index contributed by atoms with van der Waals surface area (Å²) < 4.78 is 7.29. The fourth-order valence-electron chi connectivity index (χ4n) is 3.32. The van der Waals surface area contributed by atoms with Crippen molar-refractivity contribution < 1.29 is 9.21 Å². The number of para-hydroxylation sites is 1. The summed E-state index contributed by atoms with van der Waals surface area (Å²) in [5.41, 5.74) is 1.84. The minimum Gasteiger partial charge on any atom is -0.451 e. The van der Waals surface area contributed by atoms with E-state index in [4.69, 9.17) is 4.42 Å². The van der Waals surface area contributed by atoms with Gasteiger partial charge in [0.15, 0.2) is 5.76 Å². The van der Waals surface area contributed by atoms with E-state index in [9.17, 15) is 4.79 Å². The maximum atomic E-state index is 13.1. The molecule has 25 heavy (non-hydrogen) atoms. The van der Waals surface area contributed by atoms with Crippen molar-refractivity contribution >= 4 is 40.0 Å². The van der Waals surface area contributed by atoms with Gasteiger partial charge < -0.3 is 9.32 Å². The number of furan rings is 1. The lowest BCUT2D eigenvalue weighted by Crippen LogP contribution is -2.32. The number of hydrogen-bond acceptors (Lipinski definition) is 4. The number of amides is 1. The molecular weight excluding hydrogens is 350 g/mol. The molecule has 0 unspecified atom stereocenters. The van der Waals surface area contributed by atoms with Gasteiger partial charge in [0.2, 0.25) is 0 Å². The van der Waals surface area contributed by atoms with Crippen LogP contribution < -0.4 is 0 Å². The number of benzene rings is 1. The van der Waals surface area contributed by atoms with E-state index in [1.54, 1.807) is 23.1 Å². The Morgan fingerprint density at radius 3 is 2.64 bits per heavy atom. The van der Waals surface area contributed by atoms with E-state index in [1.807, 2.05) is 23.1 Å². The van der Waals surface area contributed by atoms with Gasteiger partial charge in [-0.3, -0.25) is 4.79 Å². The number of thiophene rings is 1. The molecule has 1 saturated heterocycles. The molecule has 5 heteroatoms. The van der Waals surface area contributed by atoms with Gasteiger partial charge in [0, 0.05) is 29.8 Å². The van der Waals surface area contributed by atoms with Crippen molar-refractivity contribution in [2.45, 2.75) is 35.6 Å². The van der Waals surface area contributed by atoms with Gasteiger partial charge in [-0.15, -0.1) is 23.1 Å². The third-order valence-corrected chi connectivity index (χ3v) is 6.80. The molecule has 3 nitrogen and oxygen atoms in total. The molecule has 2 aromatic heterocycles. The summed E-state index contributed by atoms with van der Waals surface area (Å²) in [6.45, 7) is 1.68. The van der Waals surface area contributed by atoms with Crippen LogP contribution in [0.5, 0.6) is 0 Å². The summed E-state index contributed by atoms with van der Waals surface area (Å²) in [6, 6.07) is 12.2.